The summed E-state index contributed by atoms with van der Waals surface area (Å²) in [4.78, 5) is 17.4. The molecule has 1 aromatic heterocycles. The van der Waals surface area contributed by atoms with Crippen molar-refractivity contribution < 1.29 is 14.3 Å². The number of carbonyl (C=O) groups is 1. The number of aliphatic carboxylic acids is 1. The number of rotatable bonds is 3. The number of carboxylic acids is 1. The molecular weight excluding hydrogens is 271 g/mol. The molecule has 3 rings (SSSR count). The molecule has 108 valence electrons. The Balaban J connectivity index is 1.89. The second kappa shape index (κ2) is 5.61. The van der Waals surface area contributed by atoms with Gasteiger partial charge in [0, 0.05) is 25.5 Å². The van der Waals surface area contributed by atoms with Gasteiger partial charge in [-0.2, -0.15) is 0 Å². The van der Waals surface area contributed by atoms with Crippen LogP contribution in [0.2, 0.25) is 0 Å². The summed E-state index contributed by atoms with van der Waals surface area (Å²) in [7, 11) is 0. The predicted octanol–water partition coefficient (Wildman–Crippen LogP) is 2.23. The maximum atomic E-state index is 13.4. The third-order valence-corrected chi connectivity index (χ3v) is 3.79. The van der Waals surface area contributed by atoms with E-state index in [1.54, 1.807) is 18.5 Å². The number of pyridine rings is 1. The number of halogens is 1. The van der Waals surface area contributed by atoms with E-state index in [4.69, 9.17) is 0 Å². The second-order valence-electron chi connectivity index (χ2n) is 5.24. The molecule has 0 bridgehead atoms. The van der Waals surface area contributed by atoms with Gasteiger partial charge >= 0.3 is 5.97 Å². The average molecular weight is 286 g/mol. The summed E-state index contributed by atoms with van der Waals surface area (Å²) in [6.07, 6.45) is 3.80. The summed E-state index contributed by atoms with van der Waals surface area (Å²) in [5.74, 6) is -1.14. The highest BCUT2D eigenvalue weighted by molar-refractivity contribution is 5.74. The van der Waals surface area contributed by atoms with Crippen molar-refractivity contribution in [2.75, 3.05) is 0 Å². The number of hydrogen-bond donors (Lipinski definition) is 1. The molecule has 0 unspecified atom stereocenters. The molecule has 1 atom stereocenters. The Morgan fingerprint density at radius 2 is 2.24 bits per heavy atom. The van der Waals surface area contributed by atoms with Gasteiger partial charge in [0.05, 0.1) is 0 Å². The van der Waals surface area contributed by atoms with Crippen LogP contribution in [0.4, 0.5) is 4.39 Å². The summed E-state index contributed by atoms with van der Waals surface area (Å²) in [6, 6.07) is 7.69. The molecule has 1 aromatic carbocycles. The van der Waals surface area contributed by atoms with E-state index in [0.717, 1.165) is 16.7 Å². The highest BCUT2D eigenvalue weighted by Crippen LogP contribution is 2.25. The Kier molecular flexibility index (Phi) is 3.66. The molecule has 0 saturated heterocycles. The van der Waals surface area contributed by atoms with Crippen molar-refractivity contribution in [1.29, 1.82) is 0 Å². The lowest BCUT2D eigenvalue weighted by molar-refractivity contribution is -0.144. The highest BCUT2D eigenvalue weighted by Gasteiger charge is 2.31. The molecule has 1 N–H and O–H groups in total. The van der Waals surface area contributed by atoms with Crippen LogP contribution in [0.25, 0.3) is 0 Å². The maximum absolute atomic E-state index is 13.4. The van der Waals surface area contributed by atoms with Crippen LogP contribution in [-0.4, -0.2) is 27.0 Å². The highest BCUT2D eigenvalue weighted by atomic mass is 19.1. The molecule has 2 aromatic rings. The third-order valence-electron chi connectivity index (χ3n) is 3.79. The molecule has 21 heavy (non-hydrogen) atoms. The summed E-state index contributed by atoms with van der Waals surface area (Å²) in [5.41, 5.74) is 2.71. The second-order valence-corrected chi connectivity index (χ2v) is 5.24. The van der Waals surface area contributed by atoms with Gasteiger partial charge in [-0.3, -0.25) is 14.7 Å². The Bertz CT molecular complexity index is 661. The standard InChI is InChI=1S/C16H15FN2O2/c17-14-4-3-12-7-15(16(20)21)19(10-13(12)6-14)9-11-2-1-5-18-8-11/h1-6,8,15H,7,9-10H2,(H,20,21)/t15-/m1/s1. The van der Waals surface area contributed by atoms with Crippen LogP contribution in [0.15, 0.2) is 42.7 Å². The SMILES string of the molecule is O=C(O)[C@H]1Cc2ccc(F)cc2CN1Cc1cccnc1. The van der Waals surface area contributed by atoms with E-state index in [1.165, 1.54) is 12.1 Å². The molecule has 1 aliphatic rings. The van der Waals surface area contributed by atoms with Crippen molar-refractivity contribution in [3.8, 4) is 0 Å². The van der Waals surface area contributed by atoms with Crippen LogP contribution in [0.1, 0.15) is 16.7 Å². The Morgan fingerprint density at radius 1 is 1.38 bits per heavy atom. The first-order valence-corrected chi connectivity index (χ1v) is 6.76. The molecule has 5 heteroatoms. The van der Waals surface area contributed by atoms with Gasteiger partial charge in [-0.1, -0.05) is 12.1 Å². The van der Waals surface area contributed by atoms with Crippen molar-refractivity contribution in [3.05, 3.63) is 65.2 Å². The zero-order valence-electron chi connectivity index (χ0n) is 11.4. The summed E-state index contributed by atoms with van der Waals surface area (Å²) >= 11 is 0. The minimum Gasteiger partial charge on any atom is -0.480 e. The normalized spacial score (nSPS) is 18.2. The summed E-state index contributed by atoms with van der Waals surface area (Å²) in [5, 5.41) is 9.44. The number of hydrogen-bond acceptors (Lipinski definition) is 3. The van der Waals surface area contributed by atoms with E-state index in [9.17, 15) is 14.3 Å². The first-order valence-electron chi connectivity index (χ1n) is 6.76. The van der Waals surface area contributed by atoms with Gasteiger partial charge in [-0.05, 0) is 41.3 Å². The summed E-state index contributed by atoms with van der Waals surface area (Å²) < 4.78 is 13.4. The minimum absolute atomic E-state index is 0.288. The molecule has 4 nitrogen and oxygen atoms in total. The minimum atomic E-state index is -0.853. The molecule has 2 heterocycles. The Morgan fingerprint density at radius 3 is 2.95 bits per heavy atom. The van der Waals surface area contributed by atoms with E-state index in [0.29, 0.717) is 19.5 Å². The van der Waals surface area contributed by atoms with E-state index in [-0.39, 0.29) is 5.82 Å². The lowest BCUT2D eigenvalue weighted by Gasteiger charge is -2.34. The molecular formula is C16H15FN2O2. The number of fused-ring (bicyclic) bond motifs is 1. The van der Waals surface area contributed by atoms with E-state index < -0.39 is 12.0 Å². The zero-order valence-corrected chi connectivity index (χ0v) is 11.4. The van der Waals surface area contributed by atoms with Gasteiger partial charge in [0.2, 0.25) is 0 Å². The number of nitrogens with zero attached hydrogens (tertiary/aromatic N) is 2. The van der Waals surface area contributed by atoms with E-state index in [2.05, 4.69) is 4.98 Å². The van der Waals surface area contributed by atoms with Gasteiger partial charge in [0.25, 0.3) is 0 Å². The van der Waals surface area contributed by atoms with Crippen molar-refractivity contribution in [1.82, 2.24) is 9.88 Å². The molecule has 0 radical (unpaired) electrons. The number of aromatic nitrogens is 1. The first kappa shape index (κ1) is 13.7. The first-order chi connectivity index (χ1) is 10.1. The molecule has 1 aliphatic heterocycles. The monoisotopic (exact) mass is 286 g/mol. The van der Waals surface area contributed by atoms with Crippen LogP contribution in [0, 0.1) is 5.82 Å². The number of carboxylic acid groups (broad SMARTS) is 1. The largest absolute Gasteiger partial charge is 0.480 e. The van der Waals surface area contributed by atoms with Crippen LogP contribution >= 0.6 is 0 Å². The fourth-order valence-electron chi connectivity index (χ4n) is 2.74. The molecule has 0 saturated carbocycles. The van der Waals surface area contributed by atoms with Crippen LogP contribution < -0.4 is 0 Å². The quantitative estimate of drug-likeness (QED) is 0.940. The van der Waals surface area contributed by atoms with Gasteiger partial charge in [0.15, 0.2) is 0 Å². The Hall–Kier alpha value is -2.27. The molecule has 0 fully saturated rings. The van der Waals surface area contributed by atoms with Crippen molar-refractivity contribution in [2.45, 2.75) is 25.6 Å². The topological polar surface area (TPSA) is 53.4 Å². The van der Waals surface area contributed by atoms with Gasteiger partial charge in [-0.25, -0.2) is 4.39 Å². The fourth-order valence-corrected chi connectivity index (χ4v) is 2.74. The zero-order chi connectivity index (χ0) is 14.8. The van der Waals surface area contributed by atoms with E-state index >= 15 is 0 Å². The van der Waals surface area contributed by atoms with Gasteiger partial charge < -0.3 is 5.11 Å². The van der Waals surface area contributed by atoms with E-state index in [1.807, 2.05) is 17.0 Å². The molecule has 0 aliphatic carbocycles. The maximum Gasteiger partial charge on any atom is 0.321 e. The average Bonchev–Trinajstić information content (AvgIpc) is 2.47. The Labute approximate surface area is 121 Å². The smallest absolute Gasteiger partial charge is 0.321 e. The summed E-state index contributed by atoms with van der Waals surface area (Å²) in [6.45, 7) is 0.916. The predicted molar refractivity (Wildman–Crippen MR) is 75.0 cm³/mol. The van der Waals surface area contributed by atoms with Crippen molar-refractivity contribution in [3.63, 3.8) is 0 Å². The fraction of sp³-hybridized carbons (Fsp3) is 0.250. The van der Waals surface area contributed by atoms with Crippen LogP contribution in [-0.2, 0) is 24.3 Å². The van der Waals surface area contributed by atoms with Gasteiger partial charge in [-0.15, -0.1) is 0 Å². The van der Waals surface area contributed by atoms with Crippen molar-refractivity contribution in [2.24, 2.45) is 0 Å². The van der Waals surface area contributed by atoms with Crippen LogP contribution in [0.5, 0.6) is 0 Å². The molecule has 0 spiro atoms. The lowest BCUT2D eigenvalue weighted by atomic mass is 9.93. The molecule has 0 amide bonds. The number of benzene rings is 1. The third kappa shape index (κ3) is 2.92. The lowest BCUT2D eigenvalue weighted by Crippen LogP contribution is -2.45. The van der Waals surface area contributed by atoms with Crippen LogP contribution in [0.3, 0.4) is 0 Å². The van der Waals surface area contributed by atoms with Gasteiger partial charge in [0.1, 0.15) is 11.9 Å². The van der Waals surface area contributed by atoms with Crippen molar-refractivity contribution >= 4 is 5.97 Å².